The van der Waals surface area contributed by atoms with Crippen LogP contribution in [0, 0.1) is 0 Å². The maximum absolute atomic E-state index is 6.15. The number of hydrogen-bond donors (Lipinski definition) is 1. The molecule has 2 nitrogen and oxygen atoms in total. The van der Waals surface area contributed by atoms with Crippen molar-refractivity contribution in [2.45, 2.75) is 37.6 Å². The fourth-order valence-electron chi connectivity index (χ4n) is 3.96. The first-order valence-electron chi connectivity index (χ1n) is 7.32. The normalized spacial score (nSPS) is 27.8. The van der Waals surface area contributed by atoms with Crippen LogP contribution in [0.5, 0.6) is 0 Å². The van der Waals surface area contributed by atoms with Crippen LogP contribution in [-0.4, -0.2) is 29.0 Å². The van der Waals surface area contributed by atoms with Crippen molar-refractivity contribution >= 4 is 22.5 Å². The highest BCUT2D eigenvalue weighted by Crippen LogP contribution is 2.39. The largest absolute Gasteiger partial charge is 0.361 e. The summed E-state index contributed by atoms with van der Waals surface area (Å²) in [7, 11) is 0. The van der Waals surface area contributed by atoms with E-state index in [1.807, 2.05) is 6.07 Å². The lowest BCUT2D eigenvalue weighted by Gasteiger charge is -2.34. The van der Waals surface area contributed by atoms with E-state index >= 15 is 0 Å². The van der Waals surface area contributed by atoms with E-state index in [4.69, 9.17) is 11.6 Å². The number of benzene rings is 1. The molecule has 1 N–H and O–H groups in total. The first-order valence-corrected chi connectivity index (χ1v) is 7.69. The molecule has 2 aromatic rings. The molecule has 2 aliphatic heterocycles. The zero-order valence-corrected chi connectivity index (χ0v) is 11.8. The smallest absolute Gasteiger partial charge is 0.0457 e. The Morgan fingerprint density at radius 3 is 3.11 bits per heavy atom. The van der Waals surface area contributed by atoms with E-state index in [1.165, 1.54) is 55.2 Å². The lowest BCUT2D eigenvalue weighted by Crippen LogP contribution is -2.37. The van der Waals surface area contributed by atoms with Crippen LogP contribution in [0.4, 0.5) is 0 Å². The van der Waals surface area contributed by atoms with Gasteiger partial charge in [0, 0.05) is 28.2 Å². The lowest BCUT2D eigenvalue weighted by molar-refractivity contribution is 0.181. The first kappa shape index (κ1) is 11.8. The highest BCUT2D eigenvalue weighted by molar-refractivity contribution is 6.31. The van der Waals surface area contributed by atoms with E-state index < -0.39 is 0 Å². The van der Waals surface area contributed by atoms with Crippen molar-refractivity contribution in [3.8, 4) is 0 Å². The SMILES string of the molecule is Clc1ccc2[nH]cc(C3CCN4CCCC4C3)c2c1. The standard InChI is InChI=1S/C16H19ClN2/c17-12-3-4-16-14(9-12)15(10-18-16)11-5-7-19-6-1-2-13(19)8-11/h3-4,9-11,13,18H,1-2,5-8H2. The van der Waals surface area contributed by atoms with Gasteiger partial charge in [-0.05, 0) is 68.5 Å². The van der Waals surface area contributed by atoms with Gasteiger partial charge < -0.3 is 9.88 Å². The molecular formula is C16H19ClN2. The molecule has 0 bridgehead atoms. The van der Waals surface area contributed by atoms with Crippen molar-refractivity contribution < 1.29 is 0 Å². The Bertz CT molecular complexity index is 604. The van der Waals surface area contributed by atoms with E-state index in [0.29, 0.717) is 5.92 Å². The summed E-state index contributed by atoms with van der Waals surface area (Å²) < 4.78 is 0. The Labute approximate surface area is 118 Å². The molecule has 3 heteroatoms. The van der Waals surface area contributed by atoms with E-state index in [-0.39, 0.29) is 0 Å². The fourth-order valence-corrected chi connectivity index (χ4v) is 4.13. The third-order valence-corrected chi connectivity index (χ3v) is 5.17. The van der Waals surface area contributed by atoms with Gasteiger partial charge in [0.15, 0.2) is 0 Å². The number of hydrogen-bond acceptors (Lipinski definition) is 1. The molecule has 2 saturated heterocycles. The minimum atomic E-state index is 0.701. The average molecular weight is 275 g/mol. The Hall–Kier alpha value is -0.990. The molecule has 4 rings (SSSR count). The predicted octanol–water partition coefficient (Wildman–Crippen LogP) is 4.16. The second kappa shape index (κ2) is 4.53. The number of aromatic amines is 1. The van der Waals surface area contributed by atoms with Gasteiger partial charge in [0.25, 0.3) is 0 Å². The summed E-state index contributed by atoms with van der Waals surface area (Å²) in [6.07, 6.45) is 7.59. The maximum Gasteiger partial charge on any atom is 0.0457 e. The number of nitrogens with one attached hydrogen (secondary N) is 1. The summed E-state index contributed by atoms with van der Waals surface area (Å²) in [6, 6.07) is 6.99. The molecule has 0 amide bonds. The van der Waals surface area contributed by atoms with E-state index in [1.54, 1.807) is 0 Å². The van der Waals surface area contributed by atoms with Crippen molar-refractivity contribution in [3.63, 3.8) is 0 Å². The Morgan fingerprint density at radius 2 is 2.16 bits per heavy atom. The van der Waals surface area contributed by atoms with E-state index in [0.717, 1.165) is 11.1 Å². The summed E-state index contributed by atoms with van der Waals surface area (Å²) in [5.41, 5.74) is 2.69. The van der Waals surface area contributed by atoms with Crippen LogP contribution in [0.1, 0.15) is 37.2 Å². The molecule has 0 spiro atoms. The molecule has 0 aliphatic carbocycles. The van der Waals surface area contributed by atoms with E-state index in [9.17, 15) is 0 Å². The third-order valence-electron chi connectivity index (χ3n) is 4.94. The molecule has 2 unspecified atom stereocenters. The van der Waals surface area contributed by atoms with Crippen LogP contribution in [0.25, 0.3) is 10.9 Å². The Morgan fingerprint density at radius 1 is 1.21 bits per heavy atom. The molecule has 0 saturated carbocycles. The highest BCUT2D eigenvalue weighted by Gasteiger charge is 2.32. The molecule has 19 heavy (non-hydrogen) atoms. The van der Waals surface area contributed by atoms with Crippen LogP contribution in [0.3, 0.4) is 0 Å². The summed E-state index contributed by atoms with van der Waals surface area (Å²) in [5.74, 6) is 0.701. The van der Waals surface area contributed by atoms with Crippen LogP contribution >= 0.6 is 11.6 Å². The molecule has 3 heterocycles. The lowest BCUT2D eigenvalue weighted by atomic mass is 9.85. The fraction of sp³-hybridized carbons (Fsp3) is 0.500. The number of rotatable bonds is 1. The van der Waals surface area contributed by atoms with Crippen molar-refractivity contribution in [1.82, 2.24) is 9.88 Å². The summed E-state index contributed by atoms with van der Waals surface area (Å²) in [5, 5.41) is 2.16. The molecule has 2 fully saturated rings. The molecule has 1 aromatic heterocycles. The van der Waals surface area contributed by atoms with Crippen molar-refractivity contribution in [1.29, 1.82) is 0 Å². The quantitative estimate of drug-likeness (QED) is 0.827. The van der Waals surface area contributed by atoms with Crippen LogP contribution in [0.2, 0.25) is 5.02 Å². The van der Waals surface area contributed by atoms with Gasteiger partial charge in [0.1, 0.15) is 0 Å². The van der Waals surface area contributed by atoms with Gasteiger partial charge in [0.2, 0.25) is 0 Å². The van der Waals surface area contributed by atoms with Gasteiger partial charge in [-0.1, -0.05) is 11.6 Å². The van der Waals surface area contributed by atoms with Crippen molar-refractivity contribution in [2.24, 2.45) is 0 Å². The van der Waals surface area contributed by atoms with E-state index in [2.05, 4.69) is 28.2 Å². The summed E-state index contributed by atoms with van der Waals surface area (Å²) >= 11 is 6.15. The minimum absolute atomic E-state index is 0.701. The maximum atomic E-state index is 6.15. The van der Waals surface area contributed by atoms with Crippen LogP contribution in [0.15, 0.2) is 24.4 Å². The number of piperidine rings is 1. The number of halogens is 1. The summed E-state index contributed by atoms with van der Waals surface area (Å²) in [4.78, 5) is 6.08. The molecule has 1 aromatic carbocycles. The second-order valence-corrected chi connectivity index (χ2v) is 6.42. The molecule has 0 radical (unpaired) electrons. The molecule has 100 valence electrons. The average Bonchev–Trinajstić information content (AvgIpc) is 3.03. The second-order valence-electron chi connectivity index (χ2n) is 5.99. The first-order chi connectivity index (χ1) is 9.31. The van der Waals surface area contributed by atoms with Crippen molar-refractivity contribution in [3.05, 3.63) is 35.0 Å². The Balaban J connectivity index is 1.68. The zero-order valence-electron chi connectivity index (χ0n) is 11.0. The Kier molecular flexibility index (Phi) is 2.82. The minimum Gasteiger partial charge on any atom is -0.361 e. The van der Waals surface area contributed by atoms with Gasteiger partial charge in [-0.15, -0.1) is 0 Å². The molecule has 2 atom stereocenters. The number of nitrogens with zero attached hydrogens (tertiary/aromatic N) is 1. The number of aromatic nitrogens is 1. The topological polar surface area (TPSA) is 19.0 Å². The van der Waals surface area contributed by atoms with Gasteiger partial charge >= 0.3 is 0 Å². The van der Waals surface area contributed by atoms with Crippen LogP contribution in [-0.2, 0) is 0 Å². The van der Waals surface area contributed by atoms with Gasteiger partial charge in [-0.25, -0.2) is 0 Å². The van der Waals surface area contributed by atoms with Crippen molar-refractivity contribution in [2.75, 3.05) is 13.1 Å². The van der Waals surface area contributed by atoms with Gasteiger partial charge in [-0.3, -0.25) is 0 Å². The van der Waals surface area contributed by atoms with Gasteiger partial charge in [0.05, 0.1) is 0 Å². The van der Waals surface area contributed by atoms with Crippen LogP contribution < -0.4 is 0 Å². The summed E-state index contributed by atoms with van der Waals surface area (Å²) in [6.45, 7) is 2.58. The predicted molar refractivity (Wildman–Crippen MR) is 79.9 cm³/mol. The van der Waals surface area contributed by atoms with Gasteiger partial charge in [-0.2, -0.15) is 0 Å². The number of fused-ring (bicyclic) bond motifs is 2. The third kappa shape index (κ3) is 1.98. The zero-order chi connectivity index (χ0) is 12.8. The number of H-pyrrole nitrogens is 1. The molecule has 2 aliphatic rings. The monoisotopic (exact) mass is 274 g/mol. The highest BCUT2D eigenvalue weighted by atomic mass is 35.5. The molecular weight excluding hydrogens is 256 g/mol.